The van der Waals surface area contributed by atoms with Gasteiger partial charge in [-0.1, -0.05) is 12.1 Å². The van der Waals surface area contributed by atoms with Crippen LogP contribution in [-0.4, -0.2) is 44.2 Å². The summed E-state index contributed by atoms with van der Waals surface area (Å²) < 4.78 is 6.99. The molecule has 0 spiro atoms. The Morgan fingerprint density at radius 3 is 2.89 bits per heavy atom. The predicted octanol–water partition coefficient (Wildman–Crippen LogP) is 2.06. The molecule has 0 unspecified atom stereocenters. The summed E-state index contributed by atoms with van der Waals surface area (Å²) in [5.74, 6) is 0.660. The number of ether oxygens (including phenoxy) is 1. The predicted molar refractivity (Wildman–Crippen MR) is 103 cm³/mol. The van der Waals surface area contributed by atoms with E-state index in [0.29, 0.717) is 29.8 Å². The zero-order valence-corrected chi connectivity index (χ0v) is 15.8. The number of rotatable bonds is 6. The van der Waals surface area contributed by atoms with Crippen LogP contribution in [0.4, 0.5) is 0 Å². The van der Waals surface area contributed by atoms with Gasteiger partial charge >= 0.3 is 0 Å². The van der Waals surface area contributed by atoms with Crippen molar-refractivity contribution in [3.8, 4) is 17.0 Å². The Morgan fingerprint density at radius 1 is 1.39 bits per heavy atom. The molecule has 28 heavy (non-hydrogen) atoms. The molecule has 8 nitrogen and oxygen atoms in total. The Kier molecular flexibility index (Phi) is 4.87. The zero-order valence-electron chi connectivity index (χ0n) is 15.8. The molecule has 2 aromatic heterocycles. The van der Waals surface area contributed by atoms with E-state index in [1.165, 1.54) is 6.20 Å². The third-order valence-electron chi connectivity index (χ3n) is 5.23. The Morgan fingerprint density at radius 2 is 2.21 bits per heavy atom. The molecule has 0 bridgehead atoms. The highest BCUT2D eigenvalue weighted by Gasteiger charge is 2.36. The largest absolute Gasteiger partial charge is 0.497 e. The lowest BCUT2D eigenvalue weighted by atomic mass is 9.75. The lowest BCUT2D eigenvalue weighted by Gasteiger charge is -2.37. The van der Waals surface area contributed by atoms with Gasteiger partial charge in [-0.05, 0) is 30.9 Å². The molecule has 0 aliphatic heterocycles. The van der Waals surface area contributed by atoms with Gasteiger partial charge in [0.2, 0.25) is 0 Å². The van der Waals surface area contributed by atoms with Crippen LogP contribution in [0.25, 0.3) is 11.3 Å². The van der Waals surface area contributed by atoms with E-state index in [0.717, 1.165) is 11.1 Å². The molecule has 3 aromatic rings. The summed E-state index contributed by atoms with van der Waals surface area (Å²) in [5.41, 5.74) is 2.84. The first-order valence-electron chi connectivity index (χ1n) is 9.20. The molecule has 0 radical (unpaired) electrons. The van der Waals surface area contributed by atoms with Crippen LogP contribution in [0.2, 0.25) is 0 Å². The van der Waals surface area contributed by atoms with Gasteiger partial charge in [0, 0.05) is 24.4 Å². The summed E-state index contributed by atoms with van der Waals surface area (Å²) in [5, 5.41) is 24.0. The smallest absolute Gasteiger partial charge is 0.255 e. The van der Waals surface area contributed by atoms with Crippen molar-refractivity contribution in [3.05, 3.63) is 54.0 Å². The van der Waals surface area contributed by atoms with Crippen molar-refractivity contribution < 1.29 is 14.6 Å². The van der Waals surface area contributed by atoms with Gasteiger partial charge in [0.25, 0.3) is 5.91 Å². The number of H-pyrrole nitrogens is 1. The molecule has 0 saturated heterocycles. The molecule has 1 aliphatic carbocycles. The van der Waals surface area contributed by atoms with Crippen molar-refractivity contribution >= 4 is 5.91 Å². The fourth-order valence-corrected chi connectivity index (χ4v) is 3.65. The highest BCUT2D eigenvalue weighted by atomic mass is 16.5. The summed E-state index contributed by atoms with van der Waals surface area (Å²) >= 11 is 0. The van der Waals surface area contributed by atoms with E-state index in [9.17, 15) is 9.90 Å². The fraction of sp³-hybridized carbons (Fsp3) is 0.350. The average molecular weight is 381 g/mol. The summed E-state index contributed by atoms with van der Waals surface area (Å²) in [6, 6.07) is 7.25. The van der Waals surface area contributed by atoms with Crippen molar-refractivity contribution in [1.82, 2.24) is 25.3 Å². The Balaban J connectivity index is 1.59. The number of aromatic amines is 1. The van der Waals surface area contributed by atoms with Crippen molar-refractivity contribution in [2.45, 2.75) is 25.0 Å². The third-order valence-corrected chi connectivity index (χ3v) is 5.23. The first-order chi connectivity index (χ1) is 13.5. The summed E-state index contributed by atoms with van der Waals surface area (Å²) in [4.78, 5) is 13.1. The molecule has 1 aromatic carbocycles. The number of aliphatic hydroxyl groups excluding tert-OH is 1. The Bertz CT molecular complexity index is 974. The van der Waals surface area contributed by atoms with E-state index in [2.05, 4.69) is 20.6 Å². The summed E-state index contributed by atoms with van der Waals surface area (Å²) in [6.45, 7) is 0. The van der Waals surface area contributed by atoms with Crippen molar-refractivity contribution in [2.24, 2.45) is 13.0 Å². The molecule has 3 N–H and O–H groups in total. The quantitative estimate of drug-likeness (QED) is 0.606. The molecule has 8 heteroatoms. The lowest BCUT2D eigenvalue weighted by molar-refractivity contribution is 0.0235. The SMILES string of the molecule is COc1cccc(-c2[nH]ncc2C(=O)N[C@H](c2cnn(C)c2)C2CC(O)C2)c1. The topological polar surface area (TPSA) is 105 Å². The van der Waals surface area contributed by atoms with E-state index in [1.54, 1.807) is 18.0 Å². The van der Waals surface area contributed by atoms with Gasteiger partial charge in [0.1, 0.15) is 5.75 Å². The number of carbonyl (C=O) groups is 1. The minimum Gasteiger partial charge on any atom is -0.497 e. The fourth-order valence-electron chi connectivity index (χ4n) is 3.65. The number of aromatic nitrogens is 4. The van der Waals surface area contributed by atoms with Crippen LogP contribution in [-0.2, 0) is 7.05 Å². The first kappa shape index (κ1) is 18.2. The maximum absolute atomic E-state index is 13.1. The number of amides is 1. The standard InChI is InChI=1S/C20H23N5O3/c1-25-11-14(9-22-25)18(13-6-15(26)7-13)23-20(27)17-10-21-24-19(17)12-4-3-5-16(8-12)28-2/h3-5,8-11,13,15,18,26H,6-7H2,1-2H3,(H,21,24)(H,23,27)/t13?,15?,18-/m0/s1. The molecule has 4 rings (SSSR count). The highest BCUT2D eigenvalue weighted by molar-refractivity contribution is 6.00. The number of hydrogen-bond acceptors (Lipinski definition) is 5. The second kappa shape index (κ2) is 7.47. The molecule has 1 fully saturated rings. The number of hydrogen-bond donors (Lipinski definition) is 3. The summed E-state index contributed by atoms with van der Waals surface area (Å²) in [6.07, 6.45) is 6.20. The molecule has 1 aliphatic rings. The van der Waals surface area contributed by atoms with E-state index in [-0.39, 0.29) is 24.0 Å². The van der Waals surface area contributed by atoms with Gasteiger partial charge < -0.3 is 15.2 Å². The van der Waals surface area contributed by atoms with Gasteiger partial charge in [0.15, 0.2) is 0 Å². The van der Waals surface area contributed by atoms with Gasteiger partial charge in [-0.25, -0.2) is 0 Å². The van der Waals surface area contributed by atoms with Crippen molar-refractivity contribution in [3.63, 3.8) is 0 Å². The second-order valence-electron chi connectivity index (χ2n) is 7.17. The maximum atomic E-state index is 13.1. The van der Waals surface area contributed by atoms with Gasteiger partial charge in [-0.3, -0.25) is 14.6 Å². The maximum Gasteiger partial charge on any atom is 0.255 e. The van der Waals surface area contributed by atoms with Crippen LogP contribution < -0.4 is 10.1 Å². The number of benzene rings is 1. The van der Waals surface area contributed by atoms with Crippen LogP contribution in [0.15, 0.2) is 42.9 Å². The zero-order chi connectivity index (χ0) is 19.7. The van der Waals surface area contributed by atoms with Crippen LogP contribution in [0.5, 0.6) is 5.75 Å². The second-order valence-corrected chi connectivity index (χ2v) is 7.17. The number of nitrogens with one attached hydrogen (secondary N) is 2. The first-order valence-corrected chi connectivity index (χ1v) is 9.20. The number of methoxy groups -OCH3 is 1. The molecule has 146 valence electrons. The number of carbonyl (C=O) groups excluding carboxylic acids is 1. The molecule has 1 atom stereocenters. The molecular formula is C20H23N5O3. The highest BCUT2D eigenvalue weighted by Crippen LogP contribution is 2.38. The van der Waals surface area contributed by atoms with Crippen molar-refractivity contribution in [2.75, 3.05) is 7.11 Å². The molecule has 2 heterocycles. The normalized spacial score (nSPS) is 19.7. The number of aliphatic hydroxyl groups is 1. The summed E-state index contributed by atoms with van der Waals surface area (Å²) in [7, 11) is 3.44. The minimum atomic E-state index is -0.303. The van der Waals surface area contributed by atoms with E-state index in [1.807, 2.05) is 37.5 Å². The van der Waals surface area contributed by atoms with Crippen LogP contribution in [0.3, 0.4) is 0 Å². The Hall–Kier alpha value is -3.13. The average Bonchev–Trinajstić information content (AvgIpc) is 3.33. The molecular weight excluding hydrogens is 358 g/mol. The lowest BCUT2D eigenvalue weighted by Crippen LogP contribution is -2.41. The monoisotopic (exact) mass is 381 g/mol. The Labute approximate surface area is 162 Å². The van der Waals surface area contributed by atoms with Gasteiger partial charge in [-0.15, -0.1) is 0 Å². The van der Waals surface area contributed by atoms with E-state index in [4.69, 9.17) is 4.74 Å². The van der Waals surface area contributed by atoms with Gasteiger partial charge in [0.05, 0.1) is 42.9 Å². The van der Waals surface area contributed by atoms with E-state index >= 15 is 0 Å². The van der Waals surface area contributed by atoms with Gasteiger partial charge in [-0.2, -0.15) is 10.2 Å². The van der Waals surface area contributed by atoms with Crippen LogP contribution in [0.1, 0.15) is 34.8 Å². The molecule has 1 saturated carbocycles. The minimum absolute atomic E-state index is 0.176. The molecule has 1 amide bonds. The van der Waals surface area contributed by atoms with Crippen molar-refractivity contribution in [1.29, 1.82) is 0 Å². The van der Waals surface area contributed by atoms with E-state index < -0.39 is 0 Å². The number of nitrogens with zero attached hydrogens (tertiary/aromatic N) is 3. The number of aryl methyl sites for hydroxylation is 1. The third kappa shape index (κ3) is 3.50. The van der Waals surface area contributed by atoms with Crippen LogP contribution in [0, 0.1) is 5.92 Å². The van der Waals surface area contributed by atoms with Crippen LogP contribution >= 0.6 is 0 Å².